The van der Waals surface area contributed by atoms with Gasteiger partial charge in [-0.2, -0.15) is 5.10 Å². The molecule has 0 radical (unpaired) electrons. The maximum Gasteiger partial charge on any atom is 0.331 e. The van der Waals surface area contributed by atoms with E-state index in [0.29, 0.717) is 0 Å². The van der Waals surface area contributed by atoms with Gasteiger partial charge in [-0.05, 0) is 23.3 Å². The molecule has 9 nitrogen and oxygen atoms in total. The number of anilines is 1. The smallest absolute Gasteiger partial charge is 0.331 e. The summed E-state index contributed by atoms with van der Waals surface area (Å²) in [5.74, 6) is -0.672. The van der Waals surface area contributed by atoms with Crippen LogP contribution in [-0.4, -0.2) is 45.4 Å². The molecule has 1 amide bonds. The van der Waals surface area contributed by atoms with Crippen molar-refractivity contribution < 1.29 is 9.90 Å². The first-order chi connectivity index (χ1) is 16.3. The van der Waals surface area contributed by atoms with E-state index in [1.807, 2.05) is 73.6 Å². The number of nitrogens with one attached hydrogen (secondary N) is 1. The summed E-state index contributed by atoms with van der Waals surface area (Å²) in [6, 6.07) is 16.5. The number of benzene rings is 2. The molecule has 0 bridgehead atoms. The summed E-state index contributed by atoms with van der Waals surface area (Å²) >= 11 is 0. The standard InChI is InChI=1S/C25H27N5O4/c1-4-21(31)30-20(17-10-12-18(13-11-17)28(2)3)14-19(27-30)22-23(32)26-25(34)29(24(22)33)15-16-8-6-5-7-9-16/h5-13,20,33H,4,14-15H2,1-3H3,(H,26,32,34)/t20-/m0/s1. The number of carbonyl (C=O) groups excluding carboxylic acids is 1. The summed E-state index contributed by atoms with van der Waals surface area (Å²) in [5.41, 5.74) is 1.36. The van der Waals surface area contributed by atoms with Gasteiger partial charge < -0.3 is 10.0 Å². The monoisotopic (exact) mass is 461 g/mol. The van der Waals surface area contributed by atoms with Gasteiger partial charge in [0.1, 0.15) is 5.56 Å². The van der Waals surface area contributed by atoms with Gasteiger partial charge in [0, 0.05) is 32.6 Å². The van der Waals surface area contributed by atoms with Crippen LogP contribution < -0.4 is 16.1 Å². The highest BCUT2D eigenvalue weighted by Gasteiger charge is 2.35. The van der Waals surface area contributed by atoms with Gasteiger partial charge in [-0.25, -0.2) is 9.80 Å². The zero-order valence-corrected chi connectivity index (χ0v) is 19.4. The van der Waals surface area contributed by atoms with E-state index in [-0.39, 0.29) is 36.6 Å². The third-order valence-electron chi connectivity index (χ3n) is 5.91. The average molecular weight is 462 g/mol. The first-order valence-corrected chi connectivity index (χ1v) is 11.1. The lowest BCUT2D eigenvalue weighted by molar-refractivity contribution is -0.132. The molecule has 1 aliphatic heterocycles. The molecule has 1 atom stereocenters. The number of nitrogens with zero attached hydrogens (tertiary/aromatic N) is 4. The van der Waals surface area contributed by atoms with Gasteiger partial charge in [-0.3, -0.25) is 19.1 Å². The average Bonchev–Trinajstić information content (AvgIpc) is 3.26. The fraction of sp³-hybridized carbons (Fsp3) is 0.280. The number of amides is 1. The highest BCUT2D eigenvalue weighted by Crippen LogP contribution is 2.34. The molecule has 0 saturated carbocycles. The summed E-state index contributed by atoms with van der Waals surface area (Å²) < 4.78 is 1.10. The maximum absolute atomic E-state index is 12.7. The van der Waals surface area contributed by atoms with Crippen molar-refractivity contribution in [1.82, 2.24) is 14.6 Å². The predicted octanol–water partition coefficient (Wildman–Crippen LogP) is 2.44. The molecule has 0 unspecified atom stereocenters. The maximum atomic E-state index is 12.7. The van der Waals surface area contributed by atoms with Crippen molar-refractivity contribution in [3.05, 3.63) is 92.1 Å². The van der Waals surface area contributed by atoms with Crippen LogP contribution >= 0.6 is 0 Å². The lowest BCUT2D eigenvalue weighted by Gasteiger charge is -2.22. The Bertz CT molecular complexity index is 1340. The molecule has 2 N–H and O–H groups in total. The first-order valence-electron chi connectivity index (χ1n) is 11.1. The number of hydrogen-bond acceptors (Lipinski definition) is 6. The first kappa shape index (κ1) is 23.0. The van der Waals surface area contributed by atoms with Gasteiger partial charge in [0.25, 0.3) is 5.56 Å². The molecular formula is C25H27N5O4. The van der Waals surface area contributed by atoms with Crippen LogP contribution in [0, 0.1) is 0 Å². The summed E-state index contributed by atoms with van der Waals surface area (Å²) in [6.45, 7) is 1.82. The normalized spacial score (nSPS) is 15.3. The molecule has 34 heavy (non-hydrogen) atoms. The summed E-state index contributed by atoms with van der Waals surface area (Å²) in [7, 11) is 3.89. The Kier molecular flexibility index (Phi) is 6.36. The number of rotatable bonds is 6. The molecule has 9 heteroatoms. The molecule has 1 aromatic heterocycles. The van der Waals surface area contributed by atoms with Crippen molar-refractivity contribution in [2.75, 3.05) is 19.0 Å². The zero-order valence-electron chi connectivity index (χ0n) is 19.4. The largest absolute Gasteiger partial charge is 0.494 e. The fourth-order valence-corrected chi connectivity index (χ4v) is 4.04. The van der Waals surface area contributed by atoms with E-state index in [1.54, 1.807) is 6.92 Å². The number of aromatic nitrogens is 2. The second kappa shape index (κ2) is 9.38. The number of H-pyrrole nitrogens is 1. The van der Waals surface area contributed by atoms with Crippen molar-refractivity contribution in [3.8, 4) is 5.88 Å². The van der Waals surface area contributed by atoms with Gasteiger partial charge in [0.15, 0.2) is 0 Å². The van der Waals surface area contributed by atoms with Crippen molar-refractivity contribution in [2.45, 2.75) is 32.4 Å². The van der Waals surface area contributed by atoms with E-state index in [0.717, 1.165) is 21.4 Å². The highest BCUT2D eigenvalue weighted by molar-refractivity contribution is 6.04. The SMILES string of the molecule is CCC(=O)N1N=C(c2c(O)n(Cc3ccccc3)c(=O)[nH]c2=O)C[C@H]1c1ccc(N(C)C)cc1. The van der Waals surface area contributed by atoms with Crippen molar-refractivity contribution in [1.29, 1.82) is 0 Å². The third kappa shape index (κ3) is 4.36. The second-order valence-electron chi connectivity index (χ2n) is 8.37. The Labute approximate surface area is 196 Å². The van der Waals surface area contributed by atoms with Crippen molar-refractivity contribution >= 4 is 17.3 Å². The molecule has 0 aliphatic carbocycles. The summed E-state index contributed by atoms with van der Waals surface area (Å²) in [6.07, 6.45) is 0.464. The van der Waals surface area contributed by atoms with Crippen molar-refractivity contribution in [2.24, 2.45) is 5.10 Å². The molecular weight excluding hydrogens is 434 g/mol. The van der Waals surface area contributed by atoms with E-state index in [2.05, 4.69) is 10.1 Å². The van der Waals surface area contributed by atoms with E-state index in [1.165, 1.54) is 5.01 Å². The zero-order chi connectivity index (χ0) is 24.4. The molecule has 1 aliphatic rings. The predicted molar refractivity (Wildman–Crippen MR) is 130 cm³/mol. The van der Waals surface area contributed by atoms with Crippen LogP contribution in [0.3, 0.4) is 0 Å². The Hall–Kier alpha value is -4.14. The minimum Gasteiger partial charge on any atom is -0.494 e. The lowest BCUT2D eigenvalue weighted by atomic mass is 9.98. The van der Waals surface area contributed by atoms with E-state index < -0.39 is 23.2 Å². The van der Waals surface area contributed by atoms with E-state index in [9.17, 15) is 19.5 Å². The van der Waals surface area contributed by atoms with Gasteiger partial charge in [-0.15, -0.1) is 0 Å². The molecule has 3 aromatic rings. The van der Waals surface area contributed by atoms with Crippen LogP contribution in [0.5, 0.6) is 5.88 Å². The van der Waals surface area contributed by atoms with Gasteiger partial charge in [0.2, 0.25) is 11.8 Å². The number of hydrazone groups is 1. The summed E-state index contributed by atoms with van der Waals surface area (Å²) in [4.78, 5) is 42.1. The molecule has 0 saturated heterocycles. The molecule has 4 rings (SSSR count). The second-order valence-corrected chi connectivity index (χ2v) is 8.37. The van der Waals surface area contributed by atoms with Gasteiger partial charge >= 0.3 is 5.69 Å². The molecule has 2 heterocycles. The Morgan fingerprint density at radius 1 is 1.12 bits per heavy atom. The van der Waals surface area contributed by atoms with Crippen LogP contribution in [0.2, 0.25) is 0 Å². The minimum absolute atomic E-state index is 0.0790. The number of carbonyl (C=O) groups is 1. The van der Waals surface area contributed by atoms with Crippen LogP contribution in [0.1, 0.15) is 42.5 Å². The molecule has 176 valence electrons. The topological polar surface area (TPSA) is 111 Å². The number of hydrogen-bond donors (Lipinski definition) is 2. The van der Waals surface area contributed by atoms with Gasteiger partial charge in [0.05, 0.1) is 18.3 Å². The Morgan fingerprint density at radius 3 is 2.41 bits per heavy atom. The third-order valence-corrected chi connectivity index (χ3v) is 5.91. The number of aromatic hydroxyl groups is 1. The fourth-order valence-electron chi connectivity index (χ4n) is 4.04. The highest BCUT2D eigenvalue weighted by atomic mass is 16.3. The van der Waals surface area contributed by atoms with E-state index in [4.69, 9.17) is 0 Å². The Balaban J connectivity index is 1.75. The molecule has 0 spiro atoms. The number of aromatic amines is 1. The van der Waals surface area contributed by atoms with Crippen LogP contribution in [0.15, 0.2) is 69.3 Å². The van der Waals surface area contributed by atoms with Crippen molar-refractivity contribution in [3.63, 3.8) is 0 Å². The van der Waals surface area contributed by atoms with Gasteiger partial charge in [-0.1, -0.05) is 49.4 Å². The summed E-state index contributed by atoms with van der Waals surface area (Å²) in [5, 5.41) is 16.8. The minimum atomic E-state index is -0.738. The van der Waals surface area contributed by atoms with Crippen LogP contribution in [0.25, 0.3) is 0 Å². The van der Waals surface area contributed by atoms with Crippen LogP contribution in [-0.2, 0) is 11.3 Å². The lowest BCUT2D eigenvalue weighted by Crippen LogP contribution is -2.34. The molecule has 2 aromatic carbocycles. The van der Waals surface area contributed by atoms with E-state index >= 15 is 0 Å². The van der Waals surface area contributed by atoms with Crippen LogP contribution in [0.4, 0.5) is 5.69 Å². The quantitative estimate of drug-likeness (QED) is 0.586. The Morgan fingerprint density at radius 2 is 1.79 bits per heavy atom. The molecule has 0 fully saturated rings.